The first-order valence-electron chi connectivity index (χ1n) is 11.7. The van der Waals surface area contributed by atoms with Gasteiger partial charge in [-0.2, -0.15) is 0 Å². The Kier molecular flexibility index (Phi) is 7.48. The molecule has 0 fully saturated rings. The maximum Gasteiger partial charge on any atom is 0.343 e. The fraction of sp³-hybridized carbons (Fsp3) is 0.172. The van der Waals surface area contributed by atoms with Crippen LogP contribution in [0, 0.1) is 13.8 Å². The van der Waals surface area contributed by atoms with E-state index < -0.39 is 29.7 Å². The van der Waals surface area contributed by atoms with Gasteiger partial charge in [0, 0.05) is 18.0 Å². The second kappa shape index (κ2) is 10.9. The number of ketones is 1. The lowest BCUT2D eigenvalue weighted by Crippen LogP contribution is -2.27. The van der Waals surface area contributed by atoms with Crippen molar-refractivity contribution in [3.05, 3.63) is 105 Å². The summed E-state index contributed by atoms with van der Waals surface area (Å²) in [5.74, 6) is -2.30. The number of carbonyl (C=O) groups excluding carboxylic acids is 2. The molecule has 0 radical (unpaired) electrons. The van der Waals surface area contributed by atoms with E-state index in [9.17, 15) is 24.7 Å². The van der Waals surface area contributed by atoms with Crippen molar-refractivity contribution in [2.24, 2.45) is 5.16 Å². The standard InChI is InChI=1S/C29H26N2O6/c1-17-9-8-10-18(2)26(17)30-28(34)23(31-36)16-20(32)15-22(19-11-4-3-5-12-19)25-27(33)21-13-6-7-14-24(21)37-29(25)35/h3-14,22,33,36H,15-16H2,1-2H3,(H,30,34). The number of carbonyl (C=O) groups is 2. The first-order chi connectivity index (χ1) is 17.8. The second-order valence-corrected chi connectivity index (χ2v) is 8.80. The average molecular weight is 499 g/mol. The molecule has 1 heterocycles. The summed E-state index contributed by atoms with van der Waals surface area (Å²) in [6.07, 6.45) is -0.716. The number of aryl methyl sites for hydroxylation is 2. The number of nitrogens with one attached hydrogen (secondary N) is 1. The first-order valence-corrected chi connectivity index (χ1v) is 11.7. The van der Waals surface area contributed by atoms with Gasteiger partial charge >= 0.3 is 5.63 Å². The number of aromatic hydroxyl groups is 1. The molecule has 1 unspecified atom stereocenters. The lowest BCUT2D eigenvalue weighted by atomic mass is 9.86. The SMILES string of the molecule is Cc1cccc(C)c1NC(=O)C(CC(=O)CC(c1ccccc1)c1c(O)c2ccccc2oc1=O)=NO. The lowest BCUT2D eigenvalue weighted by molar-refractivity contribution is -0.119. The molecule has 3 aromatic carbocycles. The van der Waals surface area contributed by atoms with Gasteiger partial charge < -0.3 is 20.0 Å². The minimum absolute atomic E-state index is 0.0549. The fourth-order valence-electron chi connectivity index (χ4n) is 4.37. The summed E-state index contributed by atoms with van der Waals surface area (Å²) in [7, 11) is 0. The molecule has 188 valence electrons. The Morgan fingerprint density at radius 2 is 1.59 bits per heavy atom. The molecule has 3 N–H and O–H groups in total. The molecule has 0 aliphatic rings. The van der Waals surface area contributed by atoms with Gasteiger partial charge in [0.1, 0.15) is 17.1 Å². The summed E-state index contributed by atoms with van der Waals surface area (Å²) in [6, 6.07) is 20.9. The van der Waals surface area contributed by atoms with E-state index in [1.165, 1.54) is 0 Å². The predicted octanol–water partition coefficient (Wildman–Crippen LogP) is 5.07. The molecule has 0 aliphatic heterocycles. The lowest BCUT2D eigenvalue weighted by Gasteiger charge is -2.18. The Bertz CT molecular complexity index is 1540. The number of anilines is 1. The van der Waals surface area contributed by atoms with Crippen LogP contribution in [0.5, 0.6) is 5.75 Å². The van der Waals surface area contributed by atoms with Crippen molar-refractivity contribution in [2.75, 3.05) is 5.32 Å². The van der Waals surface area contributed by atoms with Crippen molar-refractivity contribution in [3.8, 4) is 5.75 Å². The summed E-state index contributed by atoms with van der Waals surface area (Å²) >= 11 is 0. The van der Waals surface area contributed by atoms with Gasteiger partial charge in [-0.05, 0) is 42.7 Å². The Labute approximate surface area is 212 Å². The number of oxime groups is 1. The highest BCUT2D eigenvalue weighted by atomic mass is 16.4. The van der Waals surface area contributed by atoms with Gasteiger partial charge in [-0.15, -0.1) is 0 Å². The molecular formula is C29H26N2O6. The molecule has 0 saturated carbocycles. The van der Waals surface area contributed by atoms with E-state index in [-0.39, 0.29) is 29.0 Å². The summed E-state index contributed by atoms with van der Waals surface area (Å²) in [5, 5.41) is 26.6. The minimum atomic E-state index is -0.851. The number of benzene rings is 3. The summed E-state index contributed by atoms with van der Waals surface area (Å²) in [6.45, 7) is 3.66. The molecule has 1 amide bonds. The maximum atomic E-state index is 13.2. The minimum Gasteiger partial charge on any atom is -0.507 e. The van der Waals surface area contributed by atoms with Crippen LogP contribution in [0.25, 0.3) is 11.0 Å². The van der Waals surface area contributed by atoms with Gasteiger partial charge in [-0.25, -0.2) is 4.79 Å². The molecule has 1 atom stereocenters. The Balaban J connectivity index is 1.63. The van der Waals surface area contributed by atoms with E-state index in [4.69, 9.17) is 4.42 Å². The summed E-state index contributed by atoms with van der Waals surface area (Å²) in [5.41, 5.74) is 1.86. The second-order valence-electron chi connectivity index (χ2n) is 8.80. The quantitative estimate of drug-likeness (QED) is 0.135. The third-order valence-corrected chi connectivity index (χ3v) is 6.27. The van der Waals surface area contributed by atoms with Gasteiger partial charge in [0.25, 0.3) is 5.91 Å². The summed E-state index contributed by atoms with van der Waals surface area (Å²) in [4.78, 5) is 38.9. The number of para-hydroxylation sites is 2. The molecule has 37 heavy (non-hydrogen) atoms. The van der Waals surface area contributed by atoms with Gasteiger partial charge in [-0.1, -0.05) is 65.8 Å². The molecule has 0 aliphatic carbocycles. The maximum absolute atomic E-state index is 13.2. The third kappa shape index (κ3) is 5.43. The van der Waals surface area contributed by atoms with E-state index >= 15 is 0 Å². The van der Waals surface area contributed by atoms with Crippen LogP contribution in [-0.2, 0) is 9.59 Å². The van der Waals surface area contributed by atoms with Crippen LogP contribution in [0.3, 0.4) is 0 Å². The van der Waals surface area contributed by atoms with Gasteiger partial charge in [-0.3, -0.25) is 9.59 Å². The fourth-order valence-corrected chi connectivity index (χ4v) is 4.37. The molecule has 8 nitrogen and oxygen atoms in total. The van der Waals surface area contributed by atoms with Crippen LogP contribution < -0.4 is 10.9 Å². The molecule has 8 heteroatoms. The molecule has 1 aromatic heterocycles. The number of Topliss-reactive ketones (excluding diaryl/α,β-unsaturated/α-hetero) is 1. The molecule has 0 bridgehead atoms. The highest BCUT2D eigenvalue weighted by Gasteiger charge is 2.28. The molecule has 0 spiro atoms. The number of nitrogens with zero attached hydrogens (tertiary/aromatic N) is 1. The van der Waals surface area contributed by atoms with E-state index in [2.05, 4.69) is 10.5 Å². The zero-order chi connectivity index (χ0) is 26.5. The van der Waals surface area contributed by atoms with Crippen LogP contribution in [0.4, 0.5) is 5.69 Å². The smallest absolute Gasteiger partial charge is 0.343 e. The largest absolute Gasteiger partial charge is 0.507 e. The normalized spacial score (nSPS) is 12.3. The topological polar surface area (TPSA) is 129 Å². The monoisotopic (exact) mass is 498 g/mol. The van der Waals surface area contributed by atoms with E-state index in [1.807, 2.05) is 32.0 Å². The Morgan fingerprint density at radius 1 is 0.946 bits per heavy atom. The number of hydrogen-bond acceptors (Lipinski definition) is 7. The number of fused-ring (bicyclic) bond motifs is 1. The van der Waals surface area contributed by atoms with Crippen molar-refractivity contribution in [1.82, 2.24) is 0 Å². The van der Waals surface area contributed by atoms with Gasteiger partial charge in [0.2, 0.25) is 0 Å². The van der Waals surface area contributed by atoms with Crippen molar-refractivity contribution >= 4 is 34.1 Å². The van der Waals surface area contributed by atoms with Gasteiger partial charge in [0.15, 0.2) is 5.71 Å². The molecular weight excluding hydrogens is 472 g/mol. The van der Waals surface area contributed by atoms with E-state index in [0.29, 0.717) is 16.6 Å². The Hall–Kier alpha value is -4.72. The van der Waals surface area contributed by atoms with Crippen molar-refractivity contribution in [1.29, 1.82) is 0 Å². The molecule has 4 rings (SSSR count). The van der Waals surface area contributed by atoms with Crippen molar-refractivity contribution < 1.29 is 24.3 Å². The first kappa shape index (κ1) is 25.4. The zero-order valence-corrected chi connectivity index (χ0v) is 20.4. The third-order valence-electron chi connectivity index (χ3n) is 6.27. The van der Waals surface area contributed by atoms with E-state index in [0.717, 1.165) is 11.1 Å². The highest BCUT2D eigenvalue weighted by molar-refractivity contribution is 6.45. The molecule has 0 saturated heterocycles. The number of rotatable bonds is 8. The van der Waals surface area contributed by atoms with Crippen LogP contribution in [0.1, 0.15) is 41.0 Å². The summed E-state index contributed by atoms with van der Waals surface area (Å²) < 4.78 is 5.43. The number of amides is 1. The Morgan fingerprint density at radius 3 is 2.27 bits per heavy atom. The van der Waals surface area contributed by atoms with Crippen molar-refractivity contribution in [3.63, 3.8) is 0 Å². The molecule has 4 aromatic rings. The van der Waals surface area contributed by atoms with Crippen LogP contribution >= 0.6 is 0 Å². The van der Waals surface area contributed by atoms with Crippen LogP contribution in [0.2, 0.25) is 0 Å². The van der Waals surface area contributed by atoms with Crippen LogP contribution in [-0.4, -0.2) is 27.7 Å². The number of hydrogen-bond donors (Lipinski definition) is 3. The predicted molar refractivity (Wildman–Crippen MR) is 140 cm³/mol. The zero-order valence-electron chi connectivity index (χ0n) is 20.4. The highest BCUT2D eigenvalue weighted by Crippen LogP contribution is 2.36. The van der Waals surface area contributed by atoms with E-state index in [1.54, 1.807) is 54.6 Å². The van der Waals surface area contributed by atoms with Gasteiger partial charge in [0.05, 0.1) is 17.4 Å². The average Bonchev–Trinajstić information content (AvgIpc) is 2.89. The van der Waals surface area contributed by atoms with Crippen molar-refractivity contribution in [2.45, 2.75) is 32.6 Å². The van der Waals surface area contributed by atoms with Crippen LogP contribution in [0.15, 0.2) is 87.2 Å².